The van der Waals surface area contributed by atoms with E-state index in [-0.39, 0.29) is 11.4 Å². The molecular weight excluding hydrogens is 422 g/mol. The first-order chi connectivity index (χ1) is 16.5. The lowest BCUT2D eigenvalue weighted by atomic mass is 9.97. The number of aryl methyl sites for hydroxylation is 1. The molecule has 180 valence electrons. The summed E-state index contributed by atoms with van der Waals surface area (Å²) in [6.07, 6.45) is 7.22. The number of pyridine rings is 1. The number of piperidine rings is 1. The van der Waals surface area contributed by atoms with Crippen molar-refractivity contribution in [3.63, 3.8) is 0 Å². The quantitative estimate of drug-likeness (QED) is 0.168. The normalized spacial score (nSPS) is 19.5. The zero-order valence-corrected chi connectivity index (χ0v) is 20.4. The van der Waals surface area contributed by atoms with Crippen LogP contribution in [0.1, 0.15) is 57.9 Å². The van der Waals surface area contributed by atoms with E-state index in [1.54, 1.807) is 0 Å². The Labute approximate surface area is 202 Å². The number of fused-ring (bicyclic) bond motifs is 1. The van der Waals surface area contributed by atoms with E-state index in [1.807, 2.05) is 53.1 Å². The van der Waals surface area contributed by atoms with Crippen LogP contribution in [0.3, 0.4) is 0 Å². The number of likely N-dealkylation sites (tertiary alicyclic amines) is 1. The summed E-state index contributed by atoms with van der Waals surface area (Å²) in [5, 5.41) is 4.65. The first-order valence-electron chi connectivity index (χ1n) is 12.5. The molecule has 0 amide bonds. The van der Waals surface area contributed by atoms with E-state index < -0.39 is 0 Å². The molecule has 0 aliphatic carbocycles. The van der Waals surface area contributed by atoms with Gasteiger partial charge < -0.3 is 16.1 Å². The lowest BCUT2D eigenvalue weighted by Gasteiger charge is -2.39. The lowest BCUT2D eigenvalue weighted by molar-refractivity contribution is 0.101. The largest absolute Gasteiger partial charge is 0.382 e. The fourth-order valence-electron chi connectivity index (χ4n) is 5.33. The van der Waals surface area contributed by atoms with Gasteiger partial charge in [-0.05, 0) is 75.2 Å². The van der Waals surface area contributed by atoms with Gasteiger partial charge in [0.25, 0.3) is 5.56 Å². The standard InChI is InChI=1S/C28H37N5O/c1-20-10-8-11-21(2)32(20)16-6-3-7-17-33-26-15-5-4-12-23(26)19-25(28(33)34)22-13-9-14-24(18-22)27(29)31-30/h4-5,9,12-15,18-21H,3,6-8,10-11,16-17,30H2,1-2H3,(H2,29,31)/t20-,21+. The third-order valence-corrected chi connectivity index (χ3v) is 7.29. The first kappa shape index (κ1) is 24.0. The molecule has 4 rings (SSSR count). The van der Waals surface area contributed by atoms with Gasteiger partial charge in [0.05, 0.1) is 5.52 Å². The van der Waals surface area contributed by atoms with E-state index in [0.29, 0.717) is 29.8 Å². The van der Waals surface area contributed by atoms with E-state index >= 15 is 0 Å². The average Bonchev–Trinajstić information content (AvgIpc) is 2.85. The molecule has 3 aromatic rings. The van der Waals surface area contributed by atoms with Crippen molar-refractivity contribution in [1.82, 2.24) is 9.47 Å². The van der Waals surface area contributed by atoms with Gasteiger partial charge in [-0.2, -0.15) is 5.10 Å². The van der Waals surface area contributed by atoms with Crippen LogP contribution in [0, 0.1) is 0 Å². The number of para-hydroxylation sites is 1. The van der Waals surface area contributed by atoms with Gasteiger partial charge in [0.15, 0.2) is 0 Å². The Morgan fingerprint density at radius 2 is 1.71 bits per heavy atom. The molecule has 1 fully saturated rings. The summed E-state index contributed by atoms with van der Waals surface area (Å²) in [4.78, 5) is 16.3. The maximum absolute atomic E-state index is 13.6. The molecule has 1 aromatic heterocycles. The van der Waals surface area contributed by atoms with Gasteiger partial charge in [-0.25, -0.2) is 0 Å². The number of hydrogen-bond donors (Lipinski definition) is 2. The Bertz CT molecular complexity index is 1200. The summed E-state index contributed by atoms with van der Waals surface area (Å²) >= 11 is 0. The van der Waals surface area contributed by atoms with E-state index in [9.17, 15) is 4.79 Å². The van der Waals surface area contributed by atoms with Crippen LogP contribution in [-0.2, 0) is 6.54 Å². The monoisotopic (exact) mass is 459 g/mol. The summed E-state index contributed by atoms with van der Waals surface area (Å²) in [7, 11) is 0. The molecule has 1 aliphatic heterocycles. The van der Waals surface area contributed by atoms with Crippen LogP contribution >= 0.6 is 0 Å². The van der Waals surface area contributed by atoms with Crippen molar-refractivity contribution in [2.75, 3.05) is 6.54 Å². The molecule has 0 bridgehead atoms. The lowest BCUT2D eigenvalue weighted by Crippen LogP contribution is -2.44. The second-order valence-electron chi connectivity index (χ2n) is 9.60. The third-order valence-electron chi connectivity index (χ3n) is 7.29. The average molecular weight is 460 g/mol. The number of benzene rings is 2. The summed E-state index contributed by atoms with van der Waals surface area (Å²) in [6, 6.07) is 19.0. The molecule has 0 unspecified atom stereocenters. The van der Waals surface area contributed by atoms with Gasteiger partial charge in [0.2, 0.25) is 0 Å². The Morgan fingerprint density at radius 1 is 0.971 bits per heavy atom. The van der Waals surface area contributed by atoms with Gasteiger partial charge in [-0.1, -0.05) is 49.2 Å². The van der Waals surface area contributed by atoms with Gasteiger partial charge >= 0.3 is 0 Å². The zero-order chi connectivity index (χ0) is 24.1. The summed E-state index contributed by atoms with van der Waals surface area (Å²) in [6.45, 7) is 6.57. The molecule has 1 aliphatic rings. The van der Waals surface area contributed by atoms with Gasteiger partial charge in [0, 0.05) is 29.8 Å². The molecule has 1 saturated heterocycles. The number of rotatable bonds is 8. The number of aromatic nitrogens is 1. The highest BCUT2D eigenvalue weighted by Gasteiger charge is 2.23. The molecule has 34 heavy (non-hydrogen) atoms. The SMILES string of the molecule is C[C@@H]1CCC[C@H](C)N1CCCCCn1c(=O)c(-c2cccc(C(N)=NN)c2)cc2ccccc21. The highest BCUT2D eigenvalue weighted by atomic mass is 16.1. The fourth-order valence-corrected chi connectivity index (χ4v) is 5.33. The molecule has 0 spiro atoms. The van der Waals surface area contributed by atoms with Crippen molar-refractivity contribution in [2.45, 2.75) is 71.0 Å². The zero-order valence-electron chi connectivity index (χ0n) is 20.4. The van der Waals surface area contributed by atoms with Crippen LogP contribution in [0.15, 0.2) is 64.5 Å². The summed E-state index contributed by atoms with van der Waals surface area (Å²) in [5.41, 5.74) is 9.11. The van der Waals surface area contributed by atoms with Gasteiger partial charge in [-0.3, -0.25) is 9.69 Å². The van der Waals surface area contributed by atoms with Gasteiger partial charge in [-0.15, -0.1) is 0 Å². The van der Waals surface area contributed by atoms with Crippen LogP contribution in [0.4, 0.5) is 0 Å². The van der Waals surface area contributed by atoms with Crippen molar-refractivity contribution < 1.29 is 0 Å². The van der Waals surface area contributed by atoms with Crippen molar-refractivity contribution in [1.29, 1.82) is 0 Å². The maximum atomic E-state index is 13.6. The predicted molar refractivity (Wildman–Crippen MR) is 142 cm³/mol. The number of unbranched alkanes of at least 4 members (excludes halogenated alkanes) is 2. The van der Waals surface area contributed by atoms with Crippen LogP contribution < -0.4 is 17.1 Å². The molecule has 2 aromatic carbocycles. The van der Waals surface area contributed by atoms with E-state index in [0.717, 1.165) is 35.9 Å². The predicted octanol–water partition coefficient (Wildman–Crippen LogP) is 4.68. The molecule has 6 heteroatoms. The number of nitrogens with two attached hydrogens (primary N) is 2. The third kappa shape index (κ3) is 5.17. The van der Waals surface area contributed by atoms with E-state index in [4.69, 9.17) is 11.6 Å². The smallest absolute Gasteiger partial charge is 0.258 e. The van der Waals surface area contributed by atoms with Gasteiger partial charge in [0.1, 0.15) is 5.84 Å². The maximum Gasteiger partial charge on any atom is 0.258 e. The van der Waals surface area contributed by atoms with Crippen molar-refractivity contribution >= 4 is 16.7 Å². The van der Waals surface area contributed by atoms with E-state index in [1.165, 1.54) is 25.7 Å². The Balaban J connectivity index is 1.53. The van der Waals surface area contributed by atoms with Crippen molar-refractivity contribution in [3.8, 4) is 11.1 Å². The first-order valence-corrected chi connectivity index (χ1v) is 12.5. The Hall–Kier alpha value is -3.12. The second kappa shape index (κ2) is 10.9. The fraction of sp³-hybridized carbons (Fsp3) is 0.429. The molecule has 4 N–H and O–H groups in total. The molecule has 2 atom stereocenters. The van der Waals surface area contributed by atoms with Crippen LogP contribution in [0.5, 0.6) is 0 Å². The Morgan fingerprint density at radius 3 is 2.47 bits per heavy atom. The van der Waals surface area contributed by atoms with Crippen molar-refractivity contribution in [3.05, 3.63) is 70.5 Å². The van der Waals surface area contributed by atoms with Crippen LogP contribution in [-0.4, -0.2) is 33.9 Å². The summed E-state index contributed by atoms with van der Waals surface area (Å²) in [5.74, 6) is 5.61. The molecule has 6 nitrogen and oxygen atoms in total. The number of hydrogen-bond acceptors (Lipinski definition) is 4. The molecule has 2 heterocycles. The Kier molecular flexibility index (Phi) is 7.68. The van der Waals surface area contributed by atoms with Crippen molar-refractivity contribution in [2.24, 2.45) is 16.7 Å². The number of hydrazone groups is 1. The molecule has 0 saturated carbocycles. The van der Waals surface area contributed by atoms with E-state index in [2.05, 4.69) is 29.9 Å². The number of nitrogens with zero attached hydrogens (tertiary/aromatic N) is 3. The molecule has 0 radical (unpaired) electrons. The summed E-state index contributed by atoms with van der Waals surface area (Å²) < 4.78 is 1.93. The van der Waals surface area contributed by atoms with Crippen LogP contribution in [0.2, 0.25) is 0 Å². The highest BCUT2D eigenvalue weighted by molar-refractivity contribution is 5.98. The second-order valence-corrected chi connectivity index (χ2v) is 9.60. The minimum atomic E-state index is 0.0254. The minimum Gasteiger partial charge on any atom is -0.382 e. The topological polar surface area (TPSA) is 89.6 Å². The molecular formula is C28H37N5O. The minimum absolute atomic E-state index is 0.0254. The van der Waals surface area contributed by atoms with Crippen LogP contribution in [0.25, 0.3) is 22.0 Å². The number of amidine groups is 1. The highest BCUT2D eigenvalue weighted by Crippen LogP contribution is 2.24.